The molecule has 2 heteroatoms. The minimum atomic E-state index is 0.0681. The minimum absolute atomic E-state index is 0.0681. The van der Waals surface area contributed by atoms with Gasteiger partial charge in [0, 0.05) is 12.1 Å². The summed E-state index contributed by atoms with van der Waals surface area (Å²) in [6, 6.07) is 0.179. The van der Waals surface area contributed by atoms with Gasteiger partial charge >= 0.3 is 0 Å². The highest BCUT2D eigenvalue weighted by Gasteiger charge is 2.41. The molecule has 1 aliphatic carbocycles. The highest BCUT2D eigenvalue weighted by atomic mass is 15.0. The molecule has 0 aromatic carbocycles. The van der Waals surface area contributed by atoms with Gasteiger partial charge in [0.25, 0.3) is 0 Å². The molecular weight excluding hydrogens is 220 g/mol. The average molecular weight is 250 g/mol. The molecule has 1 saturated carbocycles. The quantitative estimate of drug-likeness (QED) is 0.711. The second-order valence-corrected chi connectivity index (χ2v) is 6.11. The van der Waals surface area contributed by atoms with Crippen LogP contribution in [-0.4, -0.2) is 18.1 Å². The molecule has 18 heavy (non-hydrogen) atoms. The molecule has 1 aliphatic rings. The smallest absolute Gasteiger partial charge is 0.0691 e. The molecule has 0 bridgehead atoms. The molecule has 0 aliphatic heterocycles. The summed E-state index contributed by atoms with van der Waals surface area (Å²) in [6.45, 7) is 7.51. The Morgan fingerprint density at radius 3 is 2.67 bits per heavy atom. The number of nitrogens with two attached hydrogens (primary N) is 1. The summed E-state index contributed by atoms with van der Waals surface area (Å²) in [4.78, 5) is 0. The predicted molar refractivity (Wildman–Crippen MR) is 79.2 cm³/mol. The van der Waals surface area contributed by atoms with E-state index in [1.165, 1.54) is 25.7 Å². The van der Waals surface area contributed by atoms with Crippen molar-refractivity contribution in [3.05, 3.63) is 0 Å². The molecule has 1 fully saturated rings. The molecule has 0 spiro atoms. The van der Waals surface area contributed by atoms with Gasteiger partial charge in [-0.3, -0.25) is 5.32 Å². The van der Waals surface area contributed by atoms with Crippen molar-refractivity contribution in [3.63, 3.8) is 0 Å². The zero-order valence-electron chi connectivity index (χ0n) is 12.3. The second kappa shape index (κ2) is 7.16. The maximum absolute atomic E-state index is 6.13. The van der Waals surface area contributed by atoms with E-state index in [1.54, 1.807) is 0 Å². The van der Waals surface area contributed by atoms with Crippen molar-refractivity contribution in [2.75, 3.05) is 6.54 Å². The summed E-state index contributed by atoms with van der Waals surface area (Å²) < 4.78 is 0. The van der Waals surface area contributed by atoms with Crippen molar-refractivity contribution >= 4 is 0 Å². The molecule has 104 valence electrons. The molecule has 2 nitrogen and oxygen atoms in total. The van der Waals surface area contributed by atoms with Gasteiger partial charge in [-0.1, -0.05) is 46.0 Å². The first-order valence-electron chi connectivity index (χ1n) is 7.53. The van der Waals surface area contributed by atoms with Crippen LogP contribution in [0.15, 0.2) is 0 Å². The Morgan fingerprint density at radius 1 is 1.44 bits per heavy atom. The first kappa shape index (κ1) is 15.5. The summed E-state index contributed by atoms with van der Waals surface area (Å²) in [7, 11) is 0. The van der Waals surface area contributed by atoms with Gasteiger partial charge in [0.15, 0.2) is 0 Å². The highest BCUT2D eigenvalue weighted by molar-refractivity contribution is 5.07. The maximum Gasteiger partial charge on any atom is 0.0691 e. The fourth-order valence-electron chi connectivity index (χ4n) is 3.56. The number of rotatable bonds is 6. The van der Waals surface area contributed by atoms with Gasteiger partial charge in [0.1, 0.15) is 0 Å². The van der Waals surface area contributed by atoms with E-state index in [4.69, 9.17) is 12.2 Å². The lowest BCUT2D eigenvalue weighted by molar-refractivity contribution is 0.101. The van der Waals surface area contributed by atoms with Crippen LogP contribution in [0.2, 0.25) is 0 Å². The first-order valence-corrected chi connectivity index (χ1v) is 7.53. The Kier molecular flexibility index (Phi) is 6.18. The lowest BCUT2D eigenvalue weighted by Crippen LogP contribution is -2.61. The van der Waals surface area contributed by atoms with E-state index in [0.29, 0.717) is 18.4 Å². The van der Waals surface area contributed by atoms with E-state index in [0.717, 1.165) is 12.8 Å². The van der Waals surface area contributed by atoms with Crippen LogP contribution in [0.3, 0.4) is 0 Å². The van der Waals surface area contributed by atoms with Crippen LogP contribution in [0.1, 0.15) is 59.3 Å². The van der Waals surface area contributed by atoms with E-state index < -0.39 is 0 Å². The first-order chi connectivity index (χ1) is 8.59. The Hall–Kier alpha value is -0.520. The minimum Gasteiger partial charge on any atom is -0.329 e. The van der Waals surface area contributed by atoms with Crippen molar-refractivity contribution < 1.29 is 0 Å². The van der Waals surface area contributed by atoms with Crippen LogP contribution in [0.4, 0.5) is 0 Å². The zero-order chi connectivity index (χ0) is 13.6. The molecular formula is C16H30N2. The van der Waals surface area contributed by atoms with Crippen molar-refractivity contribution in [2.24, 2.45) is 17.6 Å². The van der Waals surface area contributed by atoms with Gasteiger partial charge < -0.3 is 5.73 Å². The van der Waals surface area contributed by atoms with E-state index in [1.807, 2.05) is 0 Å². The van der Waals surface area contributed by atoms with Crippen LogP contribution in [0.5, 0.6) is 0 Å². The third kappa shape index (κ3) is 3.49. The predicted octanol–water partition coefficient (Wildman–Crippen LogP) is 2.92. The number of nitrogens with one attached hydrogen (secondary N) is 1. The average Bonchev–Trinajstić information content (AvgIpc) is 2.38. The van der Waals surface area contributed by atoms with Crippen molar-refractivity contribution in [2.45, 2.75) is 70.9 Å². The third-order valence-electron chi connectivity index (χ3n) is 4.51. The van der Waals surface area contributed by atoms with Crippen LogP contribution >= 0.6 is 0 Å². The summed E-state index contributed by atoms with van der Waals surface area (Å²) in [5.41, 5.74) is 6.20. The van der Waals surface area contributed by atoms with Crippen LogP contribution in [0.25, 0.3) is 0 Å². The van der Waals surface area contributed by atoms with Gasteiger partial charge in [-0.25, -0.2) is 0 Å². The number of hydrogen-bond acceptors (Lipinski definition) is 2. The molecule has 0 amide bonds. The normalized spacial score (nSPS) is 30.1. The maximum atomic E-state index is 6.13. The molecule has 0 aromatic heterocycles. The van der Waals surface area contributed by atoms with Gasteiger partial charge in [-0.15, -0.1) is 6.42 Å². The van der Waals surface area contributed by atoms with E-state index in [9.17, 15) is 0 Å². The van der Waals surface area contributed by atoms with E-state index in [2.05, 4.69) is 32.0 Å². The lowest BCUT2D eigenvalue weighted by Gasteiger charge is -2.47. The zero-order valence-corrected chi connectivity index (χ0v) is 12.3. The summed E-state index contributed by atoms with van der Waals surface area (Å²) in [5.74, 6) is 4.23. The standard InChI is InChI=1S/C16H30N2/c1-5-9-14(6-2)18-16(12-17)11-8-7-10-15(16)13(3)4/h2,13-15,18H,5,7-12,17H2,1,3-4H3. The summed E-state index contributed by atoms with van der Waals surface area (Å²) in [6.07, 6.45) is 12.9. The summed E-state index contributed by atoms with van der Waals surface area (Å²) >= 11 is 0. The van der Waals surface area contributed by atoms with Crippen molar-refractivity contribution in [3.8, 4) is 12.3 Å². The third-order valence-corrected chi connectivity index (χ3v) is 4.51. The van der Waals surface area contributed by atoms with Gasteiger partial charge in [-0.05, 0) is 31.1 Å². The molecule has 0 heterocycles. The Morgan fingerprint density at radius 2 is 2.17 bits per heavy atom. The fourth-order valence-corrected chi connectivity index (χ4v) is 3.56. The monoisotopic (exact) mass is 250 g/mol. The molecule has 0 radical (unpaired) electrons. The second-order valence-electron chi connectivity index (χ2n) is 6.11. The molecule has 3 unspecified atom stereocenters. The number of terminal acetylenes is 1. The Labute approximate surface area is 113 Å². The SMILES string of the molecule is C#CC(CCC)NC1(CN)CCCCC1C(C)C. The largest absolute Gasteiger partial charge is 0.329 e. The highest BCUT2D eigenvalue weighted by Crippen LogP contribution is 2.38. The van der Waals surface area contributed by atoms with Crippen molar-refractivity contribution in [1.82, 2.24) is 5.32 Å². The van der Waals surface area contributed by atoms with Crippen LogP contribution in [-0.2, 0) is 0 Å². The summed E-state index contributed by atoms with van der Waals surface area (Å²) in [5, 5.41) is 3.74. The molecule has 0 aromatic rings. The van der Waals surface area contributed by atoms with E-state index >= 15 is 0 Å². The molecule has 1 rings (SSSR count). The molecule has 3 atom stereocenters. The van der Waals surface area contributed by atoms with Crippen LogP contribution < -0.4 is 11.1 Å². The topological polar surface area (TPSA) is 38.0 Å². The van der Waals surface area contributed by atoms with Gasteiger partial charge in [-0.2, -0.15) is 0 Å². The Balaban J connectivity index is 2.83. The lowest BCUT2D eigenvalue weighted by atomic mass is 9.67. The fraction of sp³-hybridized carbons (Fsp3) is 0.875. The van der Waals surface area contributed by atoms with Crippen LogP contribution in [0, 0.1) is 24.2 Å². The van der Waals surface area contributed by atoms with Gasteiger partial charge in [0.05, 0.1) is 6.04 Å². The van der Waals surface area contributed by atoms with E-state index in [-0.39, 0.29) is 11.6 Å². The molecule has 3 N–H and O–H groups in total. The van der Waals surface area contributed by atoms with Gasteiger partial charge in [0.2, 0.25) is 0 Å². The molecule has 0 saturated heterocycles. The number of hydrogen-bond donors (Lipinski definition) is 2. The van der Waals surface area contributed by atoms with Crippen molar-refractivity contribution in [1.29, 1.82) is 0 Å². The Bertz CT molecular complexity index is 279.